The van der Waals surface area contributed by atoms with Crippen LogP contribution in [0.5, 0.6) is 0 Å². The van der Waals surface area contributed by atoms with Crippen molar-refractivity contribution in [1.29, 1.82) is 0 Å². The van der Waals surface area contributed by atoms with Crippen LogP contribution in [0.15, 0.2) is 83.4 Å². The van der Waals surface area contributed by atoms with Crippen LogP contribution < -0.4 is 10.2 Å². The highest BCUT2D eigenvalue weighted by atomic mass is 16.4. The minimum atomic E-state index is -1.08. The third-order valence-electron chi connectivity index (χ3n) is 6.37. The highest BCUT2D eigenvalue weighted by molar-refractivity contribution is 6.37. The van der Waals surface area contributed by atoms with Crippen LogP contribution >= 0.6 is 0 Å². The van der Waals surface area contributed by atoms with Gasteiger partial charge in [-0.25, -0.2) is 9.79 Å². The summed E-state index contributed by atoms with van der Waals surface area (Å²) in [6.07, 6.45) is 1.49. The first-order valence-electron chi connectivity index (χ1n) is 12.3. The number of nitrogens with one attached hydrogen (secondary N) is 1. The van der Waals surface area contributed by atoms with Gasteiger partial charge in [0, 0.05) is 35.6 Å². The van der Waals surface area contributed by atoms with Gasteiger partial charge in [-0.3, -0.25) is 14.4 Å². The molecule has 0 heterocycles. The van der Waals surface area contributed by atoms with Crippen molar-refractivity contribution in [3.8, 4) is 0 Å². The Balaban J connectivity index is 1.67. The van der Waals surface area contributed by atoms with E-state index in [9.17, 15) is 19.2 Å². The van der Waals surface area contributed by atoms with E-state index in [1.807, 2.05) is 36.9 Å². The number of aromatic carboxylic acids is 1. The molecule has 0 aliphatic heterocycles. The van der Waals surface area contributed by atoms with Crippen molar-refractivity contribution < 1.29 is 29.4 Å². The highest BCUT2D eigenvalue weighted by Gasteiger charge is 2.28. The SMILES string of the molecule is CCN(CCC(=O)O)c1ccc(N=C2C=C(C(=O)Nc3ccc(C(=O)O)cc3)C(=O)c3ccccc32)c(C)c1. The van der Waals surface area contributed by atoms with Gasteiger partial charge in [0.15, 0.2) is 5.78 Å². The van der Waals surface area contributed by atoms with Crippen molar-refractivity contribution in [2.45, 2.75) is 20.3 Å². The predicted octanol–water partition coefficient (Wildman–Crippen LogP) is 4.88. The lowest BCUT2D eigenvalue weighted by molar-refractivity contribution is -0.136. The number of amides is 1. The van der Waals surface area contributed by atoms with Crippen LogP contribution in [0.25, 0.3) is 0 Å². The molecular formula is C30H27N3O6. The molecule has 0 radical (unpaired) electrons. The molecule has 0 spiro atoms. The van der Waals surface area contributed by atoms with Gasteiger partial charge in [0.1, 0.15) is 0 Å². The summed E-state index contributed by atoms with van der Waals surface area (Å²) in [5, 5.41) is 20.8. The molecule has 3 aromatic carbocycles. The monoisotopic (exact) mass is 525 g/mol. The number of aryl methyl sites for hydroxylation is 1. The van der Waals surface area contributed by atoms with Gasteiger partial charge >= 0.3 is 11.9 Å². The summed E-state index contributed by atoms with van der Waals surface area (Å²) < 4.78 is 0. The van der Waals surface area contributed by atoms with Gasteiger partial charge in [-0.2, -0.15) is 0 Å². The van der Waals surface area contributed by atoms with Crippen LogP contribution in [0.3, 0.4) is 0 Å². The Hall–Kier alpha value is -5.05. The predicted molar refractivity (Wildman–Crippen MR) is 148 cm³/mol. The maximum Gasteiger partial charge on any atom is 0.335 e. The van der Waals surface area contributed by atoms with Gasteiger partial charge in [0.2, 0.25) is 0 Å². The van der Waals surface area contributed by atoms with E-state index in [1.165, 1.54) is 30.3 Å². The number of anilines is 2. The van der Waals surface area contributed by atoms with Gasteiger partial charge in [-0.1, -0.05) is 24.3 Å². The number of hydrogen-bond acceptors (Lipinski definition) is 6. The van der Waals surface area contributed by atoms with Gasteiger partial charge in [-0.15, -0.1) is 0 Å². The molecule has 0 saturated carbocycles. The molecule has 0 unspecified atom stereocenters. The van der Waals surface area contributed by atoms with Crippen LogP contribution in [0.4, 0.5) is 17.1 Å². The van der Waals surface area contributed by atoms with Crippen LogP contribution in [-0.2, 0) is 9.59 Å². The Morgan fingerprint density at radius 2 is 1.64 bits per heavy atom. The number of rotatable bonds is 9. The minimum Gasteiger partial charge on any atom is -0.481 e. The number of fused-ring (bicyclic) bond motifs is 1. The summed E-state index contributed by atoms with van der Waals surface area (Å²) in [5.74, 6) is -3.01. The molecule has 1 amide bonds. The Labute approximate surface area is 225 Å². The first-order valence-corrected chi connectivity index (χ1v) is 12.3. The van der Waals surface area contributed by atoms with Gasteiger partial charge < -0.3 is 20.4 Å². The number of carboxylic acids is 2. The van der Waals surface area contributed by atoms with Crippen LogP contribution in [0, 0.1) is 6.92 Å². The standard InChI is InChI=1S/C30H27N3O6/c1-3-33(15-14-27(34)35)21-12-13-25(18(2)16-21)32-26-17-24(28(36)23-7-5-4-6-22(23)26)29(37)31-20-10-8-19(9-11-20)30(38)39/h4-13,16-17H,3,14-15H2,1-2H3,(H,31,37)(H,34,35)(H,38,39). The first kappa shape index (κ1) is 27.0. The molecule has 39 heavy (non-hydrogen) atoms. The lowest BCUT2D eigenvalue weighted by Crippen LogP contribution is -2.26. The zero-order valence-electron chi connectivity index (χ0n) is 21.5. The average Bonchev–Trinajstić information content (AvgIpc) is 2.92. The maximum atomic E-state index is 13.2. The Morgan fingerprint density at radius 3 is 2.26 bits per heavy atom. The van der Waals surface area contributed by atoms with E-state index in [2.05, 4.69) is 5.32 Å². The summed E-state index contributed by atoms with van der Waals surface area (Å²) in [5.41, 5.74) is 4.12. The number of allylic oxidation sites excluding steroid dienone is 1. The Morgan fingerprint density at radius 1 is 0.949 bits per heavy atom. The normalized spacial score (nSPS) is 13.4. The Kier molecular flexibility index (Phi) is 8.00. The number of aliphatic imine (C=N–C) groups is 1. The second kappa shape index (κ2) is 11.6. The molecule has 0 atom stereocenters. The zero-order chi connectivity index (χ0) is 28.1. The molecule has 0 fully saturated rings. The first-order chi connectivity index (χ1) is 18.7. The molecule has 3 aromatic rings. The van der Waals surface area contributed by atoms with Gasteiger partial charge in [0.05, 0.1) is 29.0 Å². The number of hydrogen-bond donors (Lipinski definition) is 3. The van der Waals surface area contributed by atoms with E-state index in [1.54, 1.807) is 24.3 Å². The fourth-order valence-electron chi connectivity index (χ4n) is 4.28. The second-order valence-corrected chi connectivity index (χ2v) is 8.96. The van der Waals surface area contributed by atoms with E-state index in [4.69, 9.17) is 15.2 Å². The van der Waals surface area contributed by atoms with E-state index < -0.39 is 23.6 Å². The lowest BCUT2D eigenvalue weighted by atomic mass is 9.88. The zero-order valence-corrected chi connectivity index (χ0v) is 21.5. The highest BCUT2D eigenvalue weighted by Crippen LogP contribution is 2.29. The smallest absolute Gasteiger partial charge is 0.335 e. The van der Waals surface area contributed by atoms with E-state index >= 15 is 0 Å². The molecule has 0 saturated heterocycles. The number of benzene rings is 3. The number of carbonyl (C=O) groups excluding carboxylic acids is 2. The van der Waals surface area contributed by atoms with E-state index in [-0.39, 0.29) is 17.6 Å². The van der Waals surface area contributed by atoms with Crippen LogP contribution in [0.2, 0.25) is 0 Å². The molecule has 1 aliphatic rings. The fourth-order valence-corrected chi connectivity index (χ4v) is 4.28. The van der Waals surface area contributed by atoms with Crippen molar-refractivity contribution in [3.05, 3.63) is 101 Å². The minimum absolute atomic E-state index is 0.0289. The van der Waals surface area contributed by atoms with Crippen molar-refractivity contribution in [1.82, 2.24) is 0 Å². The molecule has 9 heteroatoms. The summed E-state index contributed by atoms with van der Waals surface area (Å²) >= 11 is 0. The largest absolute Gasteiger partial charge is 0.481 e. The maximum absolute atomic E-state index is 13.2. The summed E-state index contributed by atoms with van der Waals surface area (Å²) in [6, 6.07) is 18.2. The van der Waals surface area contributed by atoms with Crippen molar-refractivity contribution >= 4 is 46.4 Å². The van der Waals surface area contributed by atoms with E-state index in [0.717, 1.165) is 11.3 Å². The molecule has 0 aromatic heterocycles. The second-order valence-electron chi connectivity index (χ2n) is 8.96. The summed E-state index contributed by atoms with van der Waals surface area (Å²) in [6.45, 7) is 4.89. The van der Waals surface area contributed by atoms with E-state index in [0.29, 0.717) is 41.3 Å². The number of Topliss-reactive ketones (excluding diaryl/α,β-unsaturated/α-hetero) is 1. The molecule has 198 valence electrons. The quantitative estimate of drug-likeness (QED) is 0.339. The topological polar surface area (TPSA) is 136 Å². The molecule has 3 N–H and O–H groups in total. The van der Waals surface area contributed by atoms with Crippen molar-refractivity contribution in [2.75, 3.05) is 23.3 Å². The number of aliphatic carboxylic acids is 1. The number of carboxylic acid groups (broad SMARTS) is 2. The van der Waals surface area contributed by atoms with Gasteiger partial charge in [-0.05, 0) is 68.0 Å². The van der Waals surface area contributed by atoms with Crippen LogP contribution in [-0.4, -0.2) is 52.6 Å². The molecule has 0 bridgehead atoms. The van der Waals surface area contributed by atoms with Crippen molar-refractivity contribution in [3.63, 3.8) is 0 Å². The molecule has 4 rings (SSSR count). The summed E-state index contributed by atoms with van der Waals surface area (Å²) in [7, 11) is 0. The third-order valence-corrected chi connectivity index (χ3v) is 6.37. The van der Waals surface area contributed by atoms with Gasteiger partial charge in [0.25, 0.3) is 5.91 Å². The van der Waals surface area contributed by atoms with Crippen LogP contribution in [0.1, 0.15) is 45.2 Å². The summed E-state index contributed by atoms with van der Waals surface area (Å²) in [4.78, 5) is 55.2. The lowest BCUT2D eigenvalue weighted by Gasteiger charge is -2.23. The number of nitrogens with zero attached hydrogens (tertiary/aromatic N) is 2. The molecule has 1 aliphatic carbocycles. The van der Waals surface area contributed by atoms with Crippen molar-refractivity contribution in [2.24, 2.45) is 4.99 Å². The molecule has 9 nitrogen and oxygen atoms in total. The average molecular weight is 526 g/mol. The number of carbonyl (C=O) groups is 4. The molecular weight excluding hydrogens is 498 g/mol. The Bertz CT molecular complexity index is 1520. The fraction of sp³-hybridized carbons (Fsp3) is 0.167. The third kappa shape index (κ3) is 6.10. The number of ketones is 1.